The molecule has 3 aromatic rings. The number of benzene rings is 1. The lowest BCUT2D eigenvalue weighted by Gasteiger charge is -2.09. The summed E-state index contributed by atoms with van der Waals surface area (Å²) >= 11 is 1.60. The molecule has 1 aromatic carbocycles. The molecule has 0 fully saturated rings. The second-order valence-electron chi connectivity index (χ2n) is 5.72. The van der Waals surface area contributed by atoms with Crippen LogP contribution < -0.4 is 16.3 Å². The normalized spacial score (nSPS) is 10.5. The third kappa shape index (κ3) is 5.00. The monoisotopic (exact) mass is 369 g/mol. The molecule has 3 rings (SSSR count). The van der Waals surface area contributed by atoms with Crippen molar-refractivity contribution in [1.29, 1.82) is 0 Å². The van der Waals surface area contributed by atoms with Gasteiger partial charge in [0.1, 0.15) is 0 Å². The minimum Gasteiger partial charge on any atom is -0.337 e. The predicted molar refractivity (Wildman–Crippen MR) is 102 cm³/mol. The van der Waals surface area contributed by atoms with E-state index in [1.807, 2.05) is 30.5 Å². The highest BCUT2D eigenvalue weighted by Gasteiger charge is 2.04. The van der Waals surface area contributed by atoms with Crippen LogP contribution in [0.4, 0.5) is 10.5 Å². The molecule has 7 nitrogen and oxygen atoms in total. The third-order valence-corrected chi connectivity index (χ3v) is 4.48. The van der Waals surface area contributed by atoms with Gasteiger partial charge < -0.3 is 10.6 Å². The molecule has 0 unspecified atom stereocenters. The van der Waals surface area contributed by atoms with Crippen LogP contribution in [0.5, 0.6) is 0 Å². The van der Waals surface area contributed by atoms with Gasteiger partial charge in [-0.2, -0.15) is 0 Å². The topological polar surface area (TPSA) is 88.9 Å². The number of carbonyl (C=O) groups is 1. The van der Waals surface area contributed by atoms with E-state index in [9.17, 15) is 9.59 Å². The molecule has 2 N–H and O–H groups in total. The van der Waals surface area contributed by atoms with Gasteiger partial charge in [0.15, 0.2) is 0 Å². The summed E-state index contributed by atoms with van der Waals surface area (Å²) in [5, 5.41) is 8.64. The number of rotatable bonds is 6. The van der Waals surface area contributed by atoms with Crippen LogP contribution in [0.2, 0.25) is 0 Å². The standard InChI is InChI=1S/C18H19N5O2S/c1-13-21-16(12-26-13)6-8-19-17(24)22-15-5-2-4-14(10-15)11-23-9-3-7-20-18(23)25/h2-5,7,9-10,12H,6,8,11H2,1H3,(H2,19,22,24). The number of nitrogens with zero attached hydrogens (tertiary/aromatic N) is 3. The van der Waals surface area contributed by atoms with Crippen molar-refractivity contribution in [2.24, 2.45) is 0 Å². The molecule has 8 heteroatoms. The third-order valence-electron chi connectivity index (χ3n) is 3.65. The molecule has 0 aliphatic heterocycles. The van der Waals surface area contributed by atoms with Crippen molar-refractivity contribution in [3.8, 4) is 0 Å². The molecule has 0 aliphatic rings. The lowest BCUT2D eigenvalue weighted by Crippen LogP contribution is -2.30. The van der Waals surface area contributed by atoms with Gasteiger partial charge in [0.2, 0.25) is 0 Å². The van der Waals surface area contributed by atoms with Crippen LogP contribution in [0.25, 0.3) is 0 Å². The van der Waals surface area contributed by atoms with Crippen LogP contribution in [0.3, 0.4) is 0 Å². The van der Waals surface area contributed by atoms with E-state index in [4.69, 9.17) is 0 Å². The summed E-state index contributed by atoms with van der Waals surface area (Å²) in [4.78, 5) is 31.8. The Morgan fingerprint density at radius 3 is 2.96 bits per heavy atom. The van der Waals surface area contributed by atoms with Crippen molar-refractivity contribution < 1.29 is 4.79 Å². The van der Waals surface area contributed by atoms with Crippen LogP contribution in [-0.4, -0.2) is 27.1 Å². The lowest BCUT2D eigenvalue weighted by atomic mass is 10.2. The zero-order chi connectivity index (χ0) is 18.4. The van der Waals surface area contributed by atoms with E-state index in [2.05, 4.69) is 20.6 Å². The Kier molecular flexibility index (Phi) is 5.75. The minimum atomic E-state index is -0.305. The maximum absolute atomic E-state index is 12.0. The Bertz CT molecular complexity index is 950. The van der Waals surface area contributed by atoms with Crippen LogP contribution in [-0.2, 0) is 13.0 Å². The molecule has 2 heterocycles. The molecule has 0 aliphatic carbocycles. The number of aromatic nitrogens is 3. The number of anilines is 1. The van der Waals surface area contributed by atoms with Crippen molar-refractivity contribution in [1.82, 2.24) is 19.9 Å². The smallest absolute Gasteiger partial charge is 0.337 e. The number of nitrogens with one attached hydrogen (secondary N) is 2. The Morgan fingerprint density at radius 2 is 2.19 bits per heavy atom. The average molecular weight is 369 g/mol. The van der Waals surface area contributed by atoms with E-state index in [0.29, 0.717) is 25.2 Å². The molecule has 0 radical (unpaired) electrons. The number of aryl methyl sites for hydroxylation is 1. The highest BCUT2D eigenvalue weighted by Crippen LogP contribution is 2.11. The van der Waals surface area contributed by atoms with Gasteiger partial charge in [0.25, 0.3) is 0 Å². The Hall–Kier alpha value is -3.00. The molecule has 2 amide bonds. The molecule has 0 bridgehead atoms. The summed E-state index contributed by atoms with van der Waals surface area (Å²) in [6, 6.07) is 8.81. The molecule has 2 aromatic heterocycles. The number of urea groups is 1. The Balaban J connectivity index is 1.53. The van der Waals surface area contributed by atoms with E-state index in [-0.39, 0.29) is 11.7 Å². The number of hydrogen-bond acceptors (Lipinski definition) is 5. The Labute approximate surface area is 154 Å². The van der Waals surface area contributed by atoms with Gasteiger partial charge >= 0.3 is 11.7 Å². The number of hydrogen-bond donors (Lipinski definition) is 2. The summed E-state index contributed by atoms with van der Waals surface area (Å²) in [7, 11) is 0. The summed E-state index contributed by atoms with van der Waals surface area (Å²) in [5.74, 6) is 0. The van der Waals surface area contributed by atoms with Crippen molar-refractivity contribution >= 4 is 23.1 Å². The van der Waals surface area contributed by atoms with Gasteiger partial charge in [-0.3, -0.25) is 4.57 Å². The van der Waals surface area contributed by atoms with Gasteiger partial charge in [-0.1, -0.05) is 12.1 Å². The number of thiazole rings is 1. The summed E-state index contributed by atoms with van der Waals surface area (Å²) < 4.78 is 1.51. The van der Waals surface area contributed by atoms with E-state index >= 15 is 0 Å². The molecule has 26 heavy (non-hydrogen) atoms. The van der Waals surface area contributed by atoms with Gasteiger partial charge in [-0.05, 0) is 30.7 Å². The zero-order valence-corrected chi connectivity index (χ0v) is 15.1. The lowest BCUT2D eigenvalue weighted by molar-refractivity contribution is 0.252. The molecule has 0 spiro atoms. The summed E-state index contributed by atoms with van der Waals surface area (Å²) in [6.45, 7) is 2.87. The van der Waals surface area contributed by atoms with Crippen LogP contribution >= 0.6 is 11.3 Å². The molecular weight excluding hydrogens is 350 g/mol. The van der Waals surface area contributed by atoms with Crippen molar-refractivity contribution in [3.05, 3.63) is 74.9 Å². The van der Waals surface area contributed by atoms with Crippen molar-refractivity contribution in [3.63, 3.8) is 0 Å². The quantitative estimate of drug-likeness (QED) is 0.698. The second-order valence-corrected chi connectivity index (χ2v) is 6.78. The maximum atomic E-state index is 12.0. The first kappa shape index (κ1) is 17.8. The molecule has 0 atom stereocenters. The average Bonchev–Trinajstić information content (AvgIpc) is 3.02. The summed E-state index contributed by atoms with van der Waals surface area (Å²) in [6.07, 6.45) is 3.85. The molecule has 0 saturated heterocycles. The van der Waals surface area contributed by atoms with Gasteiger partial charge in [-0.25, -0.2) is 19.6 Å². The van der Waals surface area contributed by atoms with Gasteiger partial charge in [-0.15, -0.1) is 11.3 Å². The van der Waals surface area contributed by atoms with Crippen LogP contribution in [0.15, 0.2) is 52.9 Å². The minimum absolute atomic E-state index is 0.271. The van der Waals surface area contributed by atoms with Crippen molar-refractivity contribution in [2.45, 2.75) is 19.9 Å². The fourth-order valence-electron chi connectivity index (χ4n) is 2.45. The predicted octanol–water partition coefficient (Wildman–Crippen LogP) is 2.42. The summed E-state index contributed by atoms with van der Waals surface area (Å²) in [5.41, 5.74) is 2.25. The molecule has 134 valence electrons. The number of amides is 2. The van der Waals surface area contributed by atoms with Crippen molar-refractivity contribution in [2.75, 3.05) is 11.9 Å². The first-order chi connectivity index (χ1) is 12.6. The fourth-order valence-corrected chi connectivity index (χ4v) is 3.10. The fraction of sp³-hybridized carbons (Fsp3) is 0.222. The van der Waals surface area contributed by atoms with E-state index in [1.54, 1.807) is 29.7 Å². The highest BCUT2D eigenvalue weighted by atomic mass is 32.1. The second kappa shape index (κ2) is 8.39. The molecular formula is C18H19N5O2S. The Morgan fingerprint density at radius 1 is 1.31 bits per heavy atom. The van der Waals surface area contributed by atoms with Gasteiger partial charge in [0.05, 0.1) is 17.2 Å². The van der Waals surface area contributed by atoms with Crippen LogP contribution in [0.1, 0.15) is 16.3 Å². The number of carbonyl (C=O) groups excluding carboxylic acids is 1. The first-order valence-electron chi connectivity index (χ1n) is 8.16. The largest absolute Gasteiger partial charge is 0.347 e. The van der Waals surface area contributed by atoms with E-state index in [1.165, 1.54) is 10.8 Å². The SMILES string of the molecule is Cc1nc(CCNC(=O)Nc2cccc(Cn3cccnc3=O)c2)cs1. The maximum Gasteiger partial charge on any atom is 0.347 e. The van der Waals surface area contributed by atoms with E-state index < -0.39 is 0 Å². The first-order valence-corrected chi connectivity index (χ1v) is 9.04. The highest BCUT2D eigenvalue weighted by molar-refractivity contribution is 7.09. The zero-order valence-electron chi connectivity index (χ0n) is 14.3. The van der Waals surface area contributed by atoms with E-state index in [0.717, 1.165) is 16.3 Å². The van der Waals surface area contributed by atoms with Crippen LogP contribution in [0, 0.1) is 6.92 Å². The molecule has 0 saturated carbocycles. The van der Waals surface area contributed by atoms with Gasteiger partial charge in [0, 0.05) is 36.4 Å².